The number of benzene rings is 1. The number of hydrogen-bond acceptors (Lipinski definition) is 2. The quantitative estimate of drug-likeness (QED) is 0.826. The molecule has 2 atom stereocenters. The molecular weight excluding hydrogens is 222 g/mol. The molecule has 1 fully saturated rings. The second kappa shape index (κ2) is 5.75. The monoisotopic (exact) mass is 247 g/mol. The Hall–Kier alpha value is -1.02. The van der Waals surface area contributed by atoms with E-state index in [1.807, 2.05) is 7.05 Å². The predicted octanol–water partition coefficient (Wildman–Crippen LogP) is 3.78. The zero-order valence-corrected chi connectivity index (χ0v) is 11.9. The van der Waals surface area contributed by atoms with Crippen molar-refractivity contribution in [3.05, 3.63) is 29.8 Å². The van der Waals surface area contributed by atoms with Crippen LogP contribution in [0.2, 0.25) is 0 Å². The van der Waals surface area contributed by atoms with Gasteiger partial charge < -0.3 is 10.1 Å². The normalized spacial score (nSPS) is 18.7. The minimum Gasteiger partial charge on any atom is -0.490 e. The Labute approximate surface area is 111 Å². The van der Waals surface area contributed by atoms with Crippen LogP contribution in [0.25, 0.3) is 0 Å². The van der Waals surface area contributed by atoms with Gasteiger partial charge in [-0.15, -0.1) is 0 Å². The number of rotatable bonds is 6. The maximum atomic E-state index is 5.78. The summed E-state index contributed by atoms with van der Waals surface area (Å²) in [6, 6.07) is 9.01. The van der Waals surface area contributed by atoms with E-state index in [0.29, 0.717) is 24.0 Å². The van der Waals surface area contributed by atoms with Gasteiger partial charge in [0.15, 0.2) is 0 Å². The number of ether oxygens (including phenoxy) is 1. The largest absolute Gasteiger partial charge is 0.490 e. The van der Waals surface area contributed by atoms with Crippen molar-refractivity contribution < 1.29 is 4.74 Å². The molecule has 0 spiro atoms. The molecule has 0 amide bonds. The van der Waals surface area contributed by atoms with Crippen LogP contribution in [0.4, 0.5) is 0 Å². The van der Waals surface area contributed by atoms with E-state index in [9.17, 15) is 0 Å². The van der Waals surface area contributed by atoms with E-state index < -0.39 is 0 Å². The average molecular weight is 247 g/mol. The SMILES string of the molecule is CNC(c1ccc(OC2CC2)cc1)C(C)C(C)C. The lowest BCUT2D eigenvalue weighted by atomic mass is 9.86. The van der Waals surface area contributed by atoms with E-state index in [0.717, 1.165) is 5.75 Å². The summed E-state index contributed by atoms with van der Waals surface area (Å²) in [4.78, 5) is 0. The molecule has 2 unspecified atom stereocenters. The third-order valence-corrected chi connectivity index (χ3v) is 3.95. The van der Waals surface area contributed by atoms with E-state index in [1.165, 1.54) is 18.4 Å². The average Bonchev–Trinajstić information content (AvgIpc) is 3.16. The lowest BCUT2D eigenvalue weighted by molar-refractivity contribution is 0.301. The van der Waals surface area contributed by atoms with E-state index >= 15 is 0 Å². The van der Waals surface area contributed by atoms with Crippen molar-refractivity contribution in [2.75, 3.05) is 7.05 Å². The molecule has 2 nitrogen and oxygen atoms in total. The zero-order valence-electron chi connectivity index (χ0n) is 11.9. The third kappa shape index (κ3) is 3.26. The minimum atomic E-state index is 0.417. The maximum Gasteiger partial charge on any atom is 0.119 e. The van der Waals surface area contributed by atoms with Gasteiger partial charge in [-0.1, -0.05) is 32.9 Å². The van der Waals surface area contributed by atoms with Crippen LogP contribution in [0.1, 0.15) is 45.2 Å². The molecule has 1 aliphatic rings. The van der Waals surface area contributed by atoms with Crippen LogP contribution in [-0.2, 0) is 0 Å². The summed E-state index contributed by atoms with van der Waals surface area (Å²) in [6.45, 7) is 6.86. The molecule has 1 aromatic rings. The smallest absolute Gasteiger partial charge is 0.119 e. The van der Waals surface area contributed by atoms with Gasteiger partial charge in [-0.25, -0.2) is 0 Å². The van der Waals surface area contributed by atoms with Crippen LogP contribution in [0, 0.1) is 11.8 Å². The molecule has 0 bridgehead atoms. The van der Waals surface area contributed by atoms with Crippen molar-refractivity contribution in [3.8, 4) is 5.75 Å². The molecule has 0 aliphatic heterocycles. The number of nitrogens with one attached hydrogen (secondary N) is 1. The molecule has 0 aromatic heterocycles. The fourth-order valence-electron chi connectivity index (χ4n) is 2.25. The maximum absolute atomic E-state index is 5.78. The molecule has 0 radical (unpaired) electrons. The highest BCUT2D eigenvalue weighted by Crippen LogP contribution is 2.30. The highest BCUT2D eigenvalue weighted by Gasteiger charge is 2.24. The predicted molar refractivity (Wildman–Crippen MR) is 75.9 cm³/mol. The van der Waals surface area contributed by atoms with E-state index in [-0.39, 0.29) is 0 Å². The van der Waals surface area contributed by atoms with Gasteiger partial charge in [-0.2, -0.15) is 0 Å². The van der Waals surface area contributed by atoms with Crippen molar-refractivity contribution in [2.24, 2.45) is 11.8 Å². The van der Waals surface area contributed by atoms with E-state index in [2.05, 4.69) is 50.4 Å². The topological polar surface area (TPSA) is 21.3 Å². The van der Waals surface area contributed by atoms with Gasteiger partial charge in [0.05, 0.1) is 6.10 Å². The molecule has 1 aliphatic carbocycles. The molecule has 1 aromatic carbocycles. The summed E-state index contributed by atoms with van der Waals surface area (Å²) in [5.74, 6) is 2.29. The summed E-state index contributed by atoms with van der Waals surface area (Å²) in [7, 11) is 2.04. The molecule has 0 heterocycles. The van der Waals surface area contributed by atoms with Crippen molar-refractivity contribution in [1.82, 2.24) is 5.32 Å². The first kappa shape index (κ1) is 13.4. The van der Waals surface area contributed by atoms with Crippen LogP contribution in [-0.4, -0.2) is 13.2 Å². The summed E-state index contributed by atoms with van der Waals surface area (Å²) in [5.41, 5.74) is 1.35. The van der Waals surface area contributed by atoms with Crippen LogP contribution >= 0.6 is 0 Å². The van der Waals surface area contributed by atoms with Crippen LogP contribution in [0.15, 0.2) is 24.3 Å². The van der Waals surface area contributed by atoms with Crippen LogP contribution < -0.4 is 10.1 Å². The molecule has 0 saturated heterocycles. The van der Waals surface area contributed by atoms with E-state index in [4.69, 9.17) is 4.74 Å². The van der Waals surface area contributed by atoms with Gasteiger partial charge in [-0.3, -0.25) is 0 Å². The first-order chi connectivity index (χ1) is 8.61. The Morgan fingerprint density at radius 2 is 1.72 bits per heavy atom. The standard InChI is InChI=1S/C16H25NO/c1-11(2)12(3)16(17-4)13-5-7-14(8-6-13)18-15-9-10-15/h5-8,11-12,15-17H,9-10H2,1-4H3. The molecule has 2 heteroatoms. The van der Waals surface area contributed by atoms with Gasteiger partial charge in [0.1, 0.15) is 5.75 Å². The van der Waals surface area contributed by atoms with Gasteiger partial charge in [0, 0.05) is 6.04 Å². The molecule has 2 rings (SSSR count). The Morgan fingerprint density at radius 3 is 2.17 bits per heavy atom. The second-order valence-electron chi connectivity index (χ2n) is 5.76. The third-order valence-electron chi connectivity index (χ3n) is 3.95. The second-order valence-corrected chi connectivity index (χ2v) is 5.76. The highest BCUT2D eigenvalue weighted by atomic mass is 16.5. The fraction of sp³-hybridized carbons (Fsp3) is 0.625. The summed E-state index contributed by atoms with van der Waals surface area (Å²) in [6.07, 6.45) is 2.90. The molecular formula is C16H25NO. The van der Waals surface area contributed by atoms with Crippen LogP contribution in [0.3, 0.4) is 0 Å². The van der Waals surface area contributed by atoms with Gasteiger partial charge >= 0.3 is 0 Å². The Kier molecular flexibility index (Phi) is 4.28. The molecule has 1 N–H and O–H groups in total. The lowest BCUT2D eigenvalue weighted by Crippen LogP contribution is -2.26. The molecule has 100 valence electrons. The Morgan fingerprint density at radius 1 is 1.11 bits per heavy atom. The van der Waals surface area contributed by atoms with Crippen molar-refractivity contribution in [1.29, 1.82) is 0 Å². The molecule has 18 heavy (non-hydrogen) atoms. The number of hydrogen-bond donors (Lipinski definition) is 1. The highest BCUT2D eigenvalue weighted by molar-refractivity contribution is 5.30. The first-order valence-corrected chi connectivity index (χ1v) is 7.05. The summed E-state index contributed by atoms with van der Waals surface area (Å²) in [5, 5.41) is 3.43. The van der Waals surface area contributed by atoms with Crippen molar-refractivity contribution >= 4 is 0 Å². The van der Waals surface area contributed by atoms with Gasteiger partial charge in [0.2, 0.25) is 0 Å². The Bertz CT molecular complexity index is 367. The molecule has 1 saturated carbocycles. The summed E-state index contributed by atoms with van der Waals surface area (Å²) < 4.78 is 5.78. The van der Waals surface area contributed by atoms with Crippen molar-refractivity contribution in [2.45, 2.75) is 45.8 Å². The first-order valence-electron chi connectivity index (χ1n) is 7.05. The lowest BCUT2D eigenvalue weighted by Gasteiger charge is -2.27. The summed E-state index contributed by atoms with van der Waals surface area (Å²) >= 11 is 0. The van der Waals surface area contributed by atoms with Gasteiger partial charge in [0.25, 0.3) is 0 Å². The fourth-order valence-corrected chi connectivity index (χ4v) is 2.25. The Balaban J connectivity index is 2.05. The van der Waals surface area contributed by atoms with Crippen LogP contribution in [0.5, 0.6) is 5.75 Å². The minimum absolute atomic E-state index is 0.417. The van der Waals surface area contributed by atoms with Gasteiger partial charge in [-0.05, 0) is 49.4 Å². The zero-order chi connectivity index (χ0) is 13.1. The van der Waals surface area contributed by atoms with E-state index in [1.54, 1.807) is 0 Å². The van der Waals surface area contributed by atoms with Crippen molar-refractivity contribution in [3.63, 3.8) is 0 Å².